The lowest BCUT2D eigenvalue weighted by molar-refractivity contribution is -0.119. The molecule has 4 heteroatoms. The Labute approximate surface area is 89.1 Å². The van der Waals surface area contributed by atoms with E-state index in [0.29, 0.717) is 6.54 Å². The predicted octanol–water partition coefficient (Wildman–Crippen LogP) is 0.664. The van der Waals surface area contributed by atoms with Gasteiger partial charge in [-0.1, -0.05) is 18.2 Å². The molecule has 0 saturated carbocycles. The normalized spacial score (nSPS) is 12.4. The average molecular weight is 208 g/mol. The van der Waals surface area contributed by atoms with Crippen molar-refractivity contribution in [1.29, 1.82) is 0 Å². The Hall–Kier alpha value is -1.55. The summed E-state index contributed by atoms with van der Waals surface area (Å²) in [6.07, 6.45) is 0. The van der Waals surface area contributed by atoms with Crippen LogP contribution in [-0.2, 0) is 11.3 Å². The van der Waals surface area contributed by atoms with Crippen LogP contribution < -0.4 is 11.1 Å². The van der Waals surface area contributed by atoms with E-state index in [4.69, 9.17) is 5.73 Å². The lowest BCUT2D eigenvalue weighted by Gasteiger charge is -2.11. The molecule has 0 aliphatic rings. The maximum Gasteiger partial charge on any atom is 0.234 e. The topological polar surface area (TPSA) is 75.3 Å². The summed E-state index contributed by atoms with van der Waals surface area (Å²) >= 11 is 0. The van der Waals surface area contributed by atoms with Crippen molar-refractivity contribution in [2.45, 2.75) is 26.4 Å². The number of nitrogens with one attached hydrogen (secondary N) is 1. The van der Waals surface area contributed by atoms with E-state index in [2.05, 4.69) is 5.32 Å². The molecule has 82 valence electrons. The molecule has 0 aliphatic heterocycles. The van der Waals surface area contributed by atoms with Crippen LogP contribution in [0, 0.1) is 6.92 Å². The van der Waals surface area contributed by atoms with Crippen molar-refractivity contribution in [3.8, 4) is 5.75 Å². The number of para-hydroxylation sites is 1. The summed E-state index contributed by atoms with van der Waals surface area (Å²) in [7, 11) is 0. The number of carbonyl (C=O) groups excluding carboxylic acids is 1. The van der Waals surface area contributed by atoms with Gasteiger partial charge in [0.05, 0.1) is 6.04 Å². The lowest BCUT2D eigenvalue weighted by atomic mass is 10.1. The second-order valence-corrected chi connectivity index (χ2v) is 3.59. The van der Waals surface area contributed by atoms with Crippen LogP contribution in [0.2, 0.25) is 0 Å². The quantitative estimate of drug-likeness (QED) is 0.680. The second-order valence-electron chi connectivity index (χ2n) is 3.59. The van der Waals surface area contributed by atoms with Crippen LogP contribution in [0.3, 0.4) is 0 Å². The third-order valence-corrected chi connectivity index (χ3v) is 2.35. The number of amides is 1. The van der Waals surface area contributed by atoms with Gasteiger partial charge in [-0.05, 0) is 19.4 Å². The van der Waals surface area contributed by atoms with Gasteiger partial charge in [0.2, 0.25) is 5.91 Å². The van der Waals surface area contributed by atoms with Crippen molar-refractivity contribution in [1.82, 2.24) is 5.32 Å². The number of phenolic OH excluding ortho intramolecular Hbond substituents is 1. The smallest absolute Gasteiger partial charge is 0.234 e. The van der Waals surface area contributed by atoms with Crippen LogP contribution in [0.4, 0.5) is 0 Å². The Morgan fingerprint density at radius 3 is 2.87 bits per heavy atom. The fraction of sp³-hybridized carbons (Fsp3) is 0.364. The van der Waals surface area contributed by atoms with Crippen molar-refractivity contribution in [3.05, 3.63) is 29.3 Å². The number of carbonyl (C=O) groups is 1. The van der Waals surface area contributed by atoms with Crippen molar-refractivity contribution >= 4 is 5.91 Å². The summed E-state index contributed by atoms with van der Waals surface area (Å²) < 4.78 is 0. The van der Waals surface area contributed by atoms with E-state index in [1.165, 1.54) is 0 Å². The van der Waals surface area contributed by atoms with E-state index in [-0.39, 0.29) is 5.75 Å². The zero-order chi connectivity index (χ0) is 11.4. The molecule has 0 aliphatic carbocycles. The summed E-state index contributed by atoms with van der Waals surface area (Å²) in [5.41, 5.74) is 6.69. The van der Waals surface area contributed by atoms with E-state index in [0.717, 1.165) is 11.1 Å². The molecule has 0 heterocycles. The molecule has 1 atom stereocenters. The van der Waals surface area contributed by atoms with Gasteiger partial charge in [0.1, 0.15) is 5.75 Å². The first-order valence-corrected chi connectivity index (χ1v) is 4.82. The fourth-order valence-electron chi connectivity index (χ4n) is 1.23. The van der Waals surface area contributed by atoms with Crippen LogP contribution in [-0.4, -0.2) is 17.1 Å². The van der Waals surface area contributed by atoms with Gasteiger partial charge in [-0.25, -0.2) is 0 Å². The summed E-state index contributed by atoms with van der Waals surface area (Å²) in [6.45, 7) is 3.95. The maximum absolute atomic E-state index is 10.8. The van der Waals surface area contributed by atoms with E-state index in [9.17, 15) is 9.90 Å². The molecule has 0 unspecified atom stereocenters. The van der Waals surface area contributed by atoms with Gasteiger partial charge < -0.3 is 16.2 Å². The average Bonchev–Trinajstić information content (AvgIpc) is 2.19. The second kappa shape index (κ2) is 4.79. The third-order valence-electron chi connectivity index (χ3n) is 2.35. The minimum Gasteiger partial charge on any atom is -0.507 e. The molecule has 1 aromatic rings. The molecule has 1 aromatic carbocycles. The molecule has 1 rings (SSSR count). The standard InChI is InChI=1S/C11H16N2O2/c1-7-4-3-5-9(10(7)14)6-13-8(2)11(12)15/h3-5,8,13-14H,6H2,1-2H3,(H2,12,15)/t8-/m0/s1. The molecule has 0 spiro atoms. The Kier molecular flexibility index (Phi) is 3.68. The first kappa shape index (κ1) is 11.5. The number of nitrogens with two attached hydrogens (primary N) is 1. The highest BCUT2D eigenvalue weighted by atomic mass is 16.3. The molecule has 1 amide bonds. The zero-order valence-electron chi connectivity index (χ0n) is 8.95. The van der Waals surface area contributed by atoms with E-state index >= 15 is 0 Å². The molecule has 4 nitrogen and oxygen atoms in total. The van der Waals surface area contributed by atoms with Crippen LogP contribution >= 0.6 is 0 Å². The third kappa shape index (κ3) is 2.95. The van der Waals surface area contributed by atoms with E-state index < -0.39 is 11.9 Å². The number of hydrogen-bond acceptors (Lipinski definition) is 3. The maximum atomic E-state index is 10.8. The number of aromatic hydroxyl groups is 1. The van der Waals surface area contributed by atoms with Gasteiger partial charge in [-0.2, -0.15) is 0 Å². The molecule has 4 N–H and O–H groups in total. The molecular weight excluding hydrogens is 192 g/mol. The summed E-state index contributed by atoms with van der Waals surface area (Å²) in [4.78, 5) is 10.8. The van der Waals surface area contributed by atoms with Gasteiger partial charge >= 0.3 is 0 Å². The first-order valence-electron chi connectivity index (χ1n) is 4.82. The zero-order valence-corrected chi connectivity index (χ0v) is 8.95. The van der Waals surface area contributed by atoms with Gasteiger partial charge in [0.25, 0.3) is 0 Å². The highest BCUT2D eigenvalue weighted by Crippen LogP contribution is 2.20. The van der Waals surface area contributed by atoms with Crippen LogP contribution in [0.25, 0.3) is 0 Å². The minimum absolute atomic E-state index is 0.265. The van der Waals surface area contributed by atoms with Crippen molar-refractivity contribution in [3.63, 3.8) is 0 Å². The SMILES string of the molecule is Cc1cccc(CN[C@@H](C)C(N)=O)c1O. The van der Waals surface area contributed by atoms with Crippen molar-refractivity contribution in [2.75, 3.05) is 0 Å². The molecule has 0 fully saturated rings. The van der Waals surface area contributed by atoms with Crippen LogP contribution in [0.5, 0.6) is 5.75 Å². The number of rotatable bonds is 4. The number of phenols is 1. The summed E-state index contributed by atoms with van der Waals surface area (Å²) in [5, 5.41) is 12.6. The number of aryl methyl sites for hydroxylation is 1. The van der Waals surface area contributed by atoms with Gasteiger partial charge in [-0.15, -0.1) is 0 Å². The molecular formula is C11H16N2O2. The Morgan fingerprint density at radius 1 is 1.60 bits per heavy atom. The fourth-order valence-corrected chi connectivity index (χ4v) is 1.23. The highest BCUT2D eigenvalue weighted by Gasteiger charge is 2.09. The molecule has 0 bridgehead atoms. The molecule has 0 aromatic heterocycles. The first-order chi connectivity index (χ1) is 7.02. The van der Waals surface area contributed by atoms with Crippen molar-refractivity contribution in [2.24, 2.45) is 5.73 Å². The molecule has 0 saturated heterocycles. The highest BCUT2D eigenvalue weighted by molar-refractivity contribution is 5.79. The lowest BCUT2D eigenvalue weighted by Crippen LogP contribution is -2.38. The van der Waals surface area contributed by atoms with Crippen molar-refractivity contribution < 1.29 is 9.90 Å². The number of hydrogen-bond donors (Lipinski definition) is 3. The van der Waals surface area contributed by atoms with Crippen LogP contribution in [0.15, 0.2) is 18.2 Å². The van der Waals surface area contributed by atoms with Gasteiger partial charge in [0, 0.05) is 12.1 Å². The minimum atomic E-state index is -0.401. The number of primary amides is 1. The van der Waals surface area contributed by atoms with E-state index in [1.54, 1.807) is 6.92 Å². The van der Waals surface area contributed by atoms with Gasteiger partial charge in [0.15, 0.2) is 0 Å². The monoisotopic (exact) mass is 208 g/mol. The van der Waals surface area contributed by atoms with E-state index in [1.807, 2.05) is 25.1 Å². The Morgan fingerprint density at radius 2 is 2.27 bits per heavy atom. The predicted molar refractivity (Wildman–Crippen MR) is 58.3 cm³/mol. The summed E-state index contributed by atoms with van der Waals surface area (Å²) in [5.74, 6) is -0.135. The Bertz CT molecular complexity index is 364. The number of benzene rings is 1. The molecule has 15 heavy (non-hydrogen) atoms. The largest absolute Gasteiger partial charge is 0.507 e. The summed E-state index contributed by atoms with van der Waals surface area (Å²) in [6, 6.07) is 5.10. The van der Waals surface area contributed by atoms with Gasteiger partial charge in [-0.3, -0.25) is 4.79 Å². The molecule has 0 radical (unpaired) electrons. The Balaban J connectivity index is 2.66. The van der Waals surface area contributed by atoms with Crippen LogP contribution in [0.1, 0.15) is 18.1 Å².